The van der Waals surface area contributed by atoms with Crippen molar-refractivity contribution in [3.05, 3.63) is 0 Å². The van der Waals surface area contributed by atoms with Crippen LogP contribution < -0.4 is 5.73 Å². The zero-order valence-electron chi connectivity index (χ0n) is 6.47. The molecule has 11 heavy (non-hydrogen) atoms. The number of alkyl halides is 1. The van der Waals surface area contributed by atoms with Crippen molar-refractivity contribution in [1.82, 2.24) is 0 Å². The van der Waals surface area contributed by atoms with Gasteiger partial charge >= 0.3 is 5.97 Å². The first-order valence-corrected chi connectivity index (χ1v) is 4.12. The Balaban J connectivity index is 2.42. The summed E-state index contributed by atoms with van der Waals surface area (Å²) < 4.78 is 4.55. The number of methoxy groups -OCH3 is 1. The predicted octanol–water partition coefficient (Wildman–Crippen LogP) is 0.506. The number of halogens is 1. The number of hydrogen-bond acceptors (Lipinski definition) is 3. The highest BCUT2D eigenvalue weighted by atomic mass is 35.5. The van der Waals surface area contributed by atoms with Crippen molar-refractivity contribution < 1.29 is 9.53 Å². The Labute approximate surface area is 70.8 Å². The quantitative estimate of drug-likeness (QED) is 0.505. The average molecular weight is 178 g/mol. The van der Waals surface area contributed by atoms with Crippen molar-refractivity contribution in [3.63, 3.8) is 0 Å². The first kappa shape index (κ1) is 8.81. The zero-order valence-corrected chi connectivity index (χ0v) is 7.23. The number of carbonyl (C=O) groups excluding carboxylic acids is 1. The molecule has 1 aliphatic carbocycles. The van der Waals surface area contributed by atoms with Crippen molar-refractivity contribution >= 4 is 17.6 Å². The zero-order chi connectivity index (χ0) is 8.48. The summed E-state index contributed by atoms with van der Waals surface area (Å²) >= 11 is 5.50. The SMILES string of the molecule is COC(=O)[C@]1(N)C[C@H]1CCCl. The molecule has 0 spiro atoms. The molecule has 0 aromatic rings. The molecule has 0 saturated heterocycles. The summed E-state index contributed by atoms with van der Waals surface area (Å²) in [6.45, 7) is 0. The van der Waals surface area contributed by atoms with Gasteiger partial charge in [0.1, 0.15) is 5.54 Å². The van der Waals surface area contributed by atoms with E-state index in [-0.39, 0.29) is 11.9 Å². The van der Waals surface area contributed by atoms with Crippen LogP contribution in [0.4, 0.5) is 0 Å². The Morgan fingerprint density at radius 2 is 2.55 bits per heavy atom. The molecule has 0 aromatic carbocycles. The molecule has 0 radical (unpaired) electrons. The molecule has 64 valence electrons. The van der Waals surface area contributed by atoms with Crippen LogP contribution in [0.25, 0.3) is 0 Å². The maximum atomic E-state index is 11.0. The fourth-order valence-electron chi connectivity index (χ4n) is 1.28. The van der Waals surface area contributed by atoms with Crippen molar-refractivity contribution in [1.29, 1.82) is 0 Å². The molecular formula is C7H12ClNO2. The number of ether oxygens (including phenoxy) is 1. The molecule has 0 unspecified atom stereocenters. The maximum Gasteiger partial charge on any atom is 0.326 e. The van der Waals surface area contributed by atoms with Crippen molar-refractivity contribution in [2.45, 2.75) is 18.4 Å². The van der Waals surface area contributed by atoms with Crippen LogP contribution in [-0.2, 0) is 9.53 Å². The molecule has 3 nitrogen and oxygen atoms in total. The van der Waals surface area contributed by atoms with E-state index in [1.54, 1.807) is 0 Å². The molecule has 1 rings (SSSR count). The van der Waals surface area contributed by atoms with Gasteiger partial charge in [0.05, 0.1) is 7.11 Å². The molecule has 0 bridgehead atoms. The standard InChI is InChI=1S/C7H12ClNO2/c1-11-6(10)7(9)4-5(7)2-3-8/h5H,2-4,9H2,1H3/t5-,7+/m1/s1. The summed E-state index contributed by atoms with van der Waals surface area (Å²) in [7, 11) is 1.35. The number of carbonyl (C=O) groups is 1. The third-order valence-corrected chi connectivity index (χ3v) is 2.39. The van der Waals surface area contributed by atoms with E-state index in [2.05, 4.69) is 4.74 Å². The normalized spacial score (nSPS) is 35.0. The molecule has 0 amide bonds. The van der Waals surface area contributed by atoms with E-state index in [9.17, 15) is 4.79 Å². The van der Waals surface area contributed by atoms with Crippen LogP contribution in [0.3, 0.4) is 0 Å². The first-order valence-electron chi connectivity index (χ1n) is 3.58. The fourth-order valence-corrected chi connectivity index (χ4v) is 1.54. The van der Waals surface area contributed by atoms with Crippen LogP contribution in [0.5, 0.6) is 0 Å². The minimum Gasteiger partial charge on any atom is -0.468 e. The Kier molecular flexibility index (Phi) is 2.40. The lowest BCUT2D eigenvalue weighted by Gasteiger charge is -2.06. The van der Waals surface area contributed by atoms with E-state index in [1.165, 1.54) is 7.11 Å². The van der Waals surface area contributed by atoms with Crippen molar-refractivity contribution in [2.24, 2.45) is 11.7 Å². The van der Waals surface area contributed by atoms with Gasteiger partial charge in [0.15, 0.2) is 0 Å². The second-order valence-electron chi connectivity index (χ2n) is 2.91. The molecule has 2 atom stereocenters. The lowest BCUT2D eigenvalue weighted by molar-refractivity contribution is -0.143. The van der Waals surface area contributed by atoms with Gasteiger partial charge < -0.3 is 10.5 Å². The predicted molar refractivity (Wildman–Crippen MR) is 42.4 cm³/mol. The molecular weight excluding hydrogens is 166 g/mol. The highest BCUT2D eigenvalue weighted by Crippen LogP contribution is 2.44. The van der Waals surface area contributed by atoms with Gasteiger partial charge in [-0.15, -0.1) is 11.6 Å². The van der Waals surface area contributed by atoms with E-state index >= 15 is 0 Å². The average Bonchev–Trinajstić information content (AvgIpc) is 2.63. The van der Waals surface area contributed by atoms with Crippen LogP contribution in [-0.4, -0.2) is 24.5 Å². The summed E-state index contributed by atoms with van der Waals surface area (Å²) in [5, 5.41) is 0. The third-order valence-electron chi connectivity index (χ3n) is 2.18. The summed E-state index contributed by atoms with van der Waals surface area (Å²) in [4.78, 5) is 11.0. The number of nitrogens with two attached hydrogens (primary N) is 1. The van der Waals surface area contributed by atoms with Crippen LogP contribution in [0.2, 0.25) is 0 Å². The Morgan fingerprint density at radius 3 is 3.00 bits per heavy atom. The first-order chi connectivity index (χ1) is 5.15. The lowest BCUT2D eigenvalue weighted by atomic mass is 10.2. The highest BCUT2D eigenvalue weighted by Gasteiger charge is 2.57. The topological polar surface area (TPSA) is 52.3 Å². The van der Waals surface area contributed by atoms with E-state index in [1.807, 2.05) is 0 Å². The van der Waals surface area contributed by atoms with Gasteiger partial charge in [0, 0.05) is 5.88 Å². The fraction of sp³-hybridized carbons (Fsp3) is 0.857. The second-order valence-corrected chi connectivity index (χ2v) is 3.29. The van der Waals surface area contributed by atoms with Gasteiger partial charge in [-0.2, -0.15) is 0 Å². The van der Waals surface area contributed by atoms with Crippen LogP contribution in [0.15, 0.2) is 0 Å². The van der Waals surface area contributed by atoms with E-state index in [0.29, 0.717) is 12.3 Å². The molecule has 0 aliphatic heterocycles. The van der Waals surface area contributed by atoms with Crippen LogP contribution in [0.1, 0.15) is 12.8 Å². The van der Waals surface area contributed by atoms with Gasteiger partial charge in [-0.1, -0.05) is 0 Å². The third kappa shape index (κ3) is 1.49. The highest BCUT2D eigenvalue weighted by molar-refractivity contribution is 6.17. The van der Waals surface area contributed by atoms with Gasteiger partial charge in [0.25, 0.3) is 0 Å². The van der Waals surface area contributed by atoms with Crippen molar-refractivity contribution in [2.75, 3.05) is 13.0 Å². The molecule has 0 aromatic heterocycles. The van der Waals surface area contributed by atoms with E-state index < -0.39 is 5.54 Å². The summed E-state index contributed by atoms with van der Waals surface area (Å²) in [6, 6.07) is 0. The summed E-state index contributed by atoms with van der Waals surface area (Å²) in [5.74, 6) is 0.473. The lowest BCUT2D eigenvalue weighted by Crippen LogP contribution is -2.36. The molecule has 4 heteroatoms. The van der Waals surface area contributed by atoms with Gasteiger partial charge in [0.2, 0.25) is 0 Å². The van der Waals surface area contributed by atoms with Gasteiger partial charge in [-0.3, -0.25) is 4.79 Å². The second kappa shape index (κ2) is 2.99. The molecule has 0 heterocycles. The monoisotopic (exact) mass is 177 g/mol. The van der Waals surface area contributed by atoms with Crippen molar-refractivity contribution in [3.8, 4) is 0 Å². The summed E-state index contributed by atoms with van der Waals surface area (Å²) in [5.41, 5.74) is 4.98. The van der Waals surface area contributed by atoms with Gasteiger partial charge in [-0.25, -0.2) is 0 Å². The maximum absolute atomic E-state index is 11.0. The molecule has 1 aliphatic rings. The van der Waals surface area contributed by atoms with E-state index in [0.717, 1.165) is 6.42 Å². The molecule has 1 fully saturated rings. The smallest absolute Gasteiger partial charge is 0.326 e. The van der Waals surface area contributed by atoms with Gasteiger partial charge in [-0.05, 0) is 18.8 Å². The Bertz CT molecular complexity index is 174. The number of esters is 1. The van der Waals surface area contributed by atoms with Crippen LogP contribution >= 0.6 is 11.6 Å². The largest absolute Gasteiger partial charge is 0.468 e. The minimum atomic E-state index is -0.719. The van der Waals surface area contributed by atoms with Crippen LogP contribution in [0, 0.1) is 5.92 Å². The van der Waals surface area contributed by atoms with E-state index in [4.69, 9.17) is 17.3 Å². The summed E-state index contributed by atoms with van der Waals surface area (Å²) in [6.07, 6.45) is 1.51. The minimum absolute atomic E-state index is 0.229. The molecule has 1 saturated carbocycles. The Morgan fingerprint density at radius 1 is 1.91 bits per heavy atom. The number of hydrogen-bond donors (Lipinski definition) is 1. The Hall–Kier alpha value is -0.280. The number of rotatable bonds is 3. The molecule has 2 N–H and O–H groups in total.